The number of nitrogens with zero attached hydrogens (tertiary/aromatic N) is 1. The van der Waals surface area contributed by atoms with Crippen molar-refractivity contribution in [2.24, 2.45) is 17.8 Å². The zero-order valence-electron chi connectivity index (χ0n) is 16.5. The Bertz CT molecular complexity index is 628. The van der Waals surface area contributed by atoms with Crippen LogP contribution in [0, 0.1) is 17.8 Å². The van der Waals surface area contributed by atoms with Crippen LogP contribution in [0.4, 0.5) is 0 Å². The molecule has 2 bridgehead atoms. The monoisotopic (exact) mass is 397 g/mol. The number of carbonyl (C=O) groups excluding carboxylic acids is 3. The fourth-order valence-electron chi connectivity index (χ4n) is 5.20. The molecule has 7 nitrogen and oxygen atoms in total. The highest BCUT2D eigenvalue weighted by atomic mass is 32.2. The van der Waals surface area contributed by atoms with Gasteiger partial charge in [-0.1, -0.05) is 13.8 Å². The molecule has 3 saturated heterocycles. The summed E-state index contributed by atoms with van der Waals surface area (Å²) < 4.78 is -0.593. The van der Waals surface area contributed by atoms with Gasteiger partial charge in [0.15, 0.2) is 0 Å². The van der Waals surface area contributed by atoms with Gasteiger partial charge in [-0.15, -0.1) is 11.8 Å². The van der Waals surface area contributed by atoms with E-state index in [2.05, 4.69) is 17.6 Å². The van der Waals surface area contributed by atoms with E-state index in [4.69, 9.17) is 0 Å². The van der Waals surface area contributed by atoms with Crippen LogP contribution in [0.15, 0.2) is 0 Å². The molecule has 1 spiro atoms. The number of likely N-dealkylation sites (tertiary alicyclic amines) is 1. The maximum atomic E-state index is 13.3. The van der Waals surface area contributed by atoms with Gasteiger partial charge >= 0.3 is 0 Å². The Kier molecular flexibility index (Phi) is 5.77. The van der Waals surface area contributed by atoms with E-state index in [1.807, 2.05) is 20.8 Å². The number of aliphatic hydroxyl groups is 1. The minimum Gasteiger partial charge on any atom is -0.395 e. The summed E-state index contributed by atoms with van der Waals surface area (Å²) in [6, 6.07) is -0.680. The average Bonchev–Trinajstić information content (AvgIpc) is 3.17. The average molecular weight is 398 g/mol. The standard InChI is InChI=1S/C19H31N3O4S/c1-5-6-20-16(24)13-12-9-11(4)19(27-12)14(13)18(26)22(7-8-23)15(19)17(25)21-10(2)3/h10-15,23H,5-9H2,1-4H3,(H,20,24)(H,21,25)/t11?,12-,13+,14+,15?,19?/m1/s1. The first-order valence-electron chi connectivity index (χ1n) is 9.96. The molecule has 0 radical (unpaired) electrons. The third-order valence-corrected chi connectivity index (χ3v) is 8.19. The highest BCUT2D eigenvalue weighted by Gasteiger charge is 2.75. The largest absolute Gasteiger partial charge is 0.395 e. The van der Waals surface area contributed by atoms with Crippen LogP contribution in [0.1, 0.15) is 40.5 Å². The number of carbonyl (C=O) groups is 3. The first-order valence-corrected chi connectivity index (χ1v) is 10.8. The van der Waals surface area contributed by atoms with Crippen LogP contribution in [0.3, 0.4) is 0 Å². The molecule has 3 amide bonds. The first-order chi connectivity index (χ1) is 12.8. The van der Waals surface area contributed by atoms with Crippen LogP contribution >= 0.6 is 11.8 Å². The second kappa shape index (κ2) is 7.62. The molecular formula is C19H31N3O4S. The number of β-amino-alcohol motifs (C(OH)–C–C–N with tert-alkyl or cyclic N) is 1. The van der Waals surface area contributed by atoms with Gasteiger partial charge in [-0.3, -0.25) is 14.4 Å². The van der Waals surface area contributed by atoms with Crippen molar-refractivity contribution in [2.75, 3.05) is 19.7 Å². The van der Waals surface area contributed by atoms with Gasteiger partial charge in [0.05, 0.1) is 23.2 Å². The fourth-order valence-corrected chi connectivity index (χ4v) is 7.62. The quantitative estimate of drug-likeness (QED) is 0.576. The zero-order valence-corrected chi connectivity index (χ0v) is 17.3. The lowest BCUT2D eigenvalue weighted by Gasteiger charge is -2.38. The second-order valence-corrected chi connectivity index (χ2v) is 9.81. The Morgan fingerprint density at radius 1 is 1.37 bits per heavy atom. The van der Waals surface area contributed by atoms with Crippen LogP contribution in [-0.4, -0.2) is 69.5 Å². The summed E-state index contributed by atoms with van der Waals surface area (Å²) in [6.45, 7) is 8.38. The third-order valence-electron chi connectivity index (χ3n) is 6.12. The predicted octanol–water partition coefficient (Wildman–Crippen LogP) is 0.367. The SMILES string of the molecule is CCCNC(=O)[C@@H]1[C@H]2C(=O)N(CCO)C(C(=O)NC(C)C)C23S[C@@H]1CC3C. The van der Waals surface area contributed by atoms with Gasteiger partial charge in [-0.2, -0.15) is 0 Å². The molecule has 0 aromatic heterocycles. The number of amides is 3. The van der Waals surface area contributed by atoms with Gasteiger partial charge in [0.2, 0.25) is 17.7 Å². The lowest BCUT2D eigenvalue weighted by Crippen LogP contribution is -2.57. The topological polar surface area (TPSA) is 98.7 Å². The summed E-state index contributed by atoms with van der Waals surface area (Å²) >= 11 is 1.66. The van der Waals surface area contributed by atoms with Crippen LogP contribution < -0.4 is 10.6 Å². The van der Waals surface area contributed by atoms with E-state index in [0.717, 1.165) is 12.8 Å². The molecular weight excluding hydrogens is 366 g/mol. The highest BCUT2D eigenvalue weighted by molar-refractivity contribution is 8.02. The van der Waals surface area contributed by atoms with E-state index in [-0.39, 0.29) is 48.1 Å². The van der Waals surface area contributed by atoms with E-state index < -0.39 is 22.6 Å². The summed E-state index contributed by atoms with van der Waals surface area (Å²) in [4.78, 5) is 40.8. The molecule has 0 aromatic rings. The van der Waals surface area contributed by atoms with E-state index in [1.165, 1.54) is 4.90 Å². The van der Waals surface area contributed by atoms with Crippen molar-refractivity contribution >= 4 is 29.5 Å². The van der Waals surface area contributed by atoms with E-state index in [9.17, 15) is 19.5 Å². The van der Waals surface area contributed by atoms with E-state index >= 15 is 0 Å². The molecule has 3 heterocycles. The number of nitrogens with one attached hydrogen (secondary N) is 2. The number of rotatable bonds is 7. The number of aliphatic hydroxyl groups excluding tert-OH is 1. The maximum absolute atomic E-state index is 13.3. The van der Waals surface area contributed by atoms with E-state index in [1.54, 1.807) is 11.8 Å². The molecule has 3 rings (SSSR count). The Labute approximate surface area is 165 Å². The van der Waals surface area contributed by atoms with Crippen LogP contribution in [0.25, 0.3) is 0 Å². The summed E-state index contributed by atoms with van der Waals surface area (Å²) in [6.07, 6.45) is 1.67. The summed E-state index contributed by atoms with van der Waals surface area (Å²) in [5, 5.41) is 15.5. The minimum atomic E-state index is -0.640. The number of hydrogen-bond donors (Lipinski definition) is 3. The molecule has 152 valence electrons. The Balaban J connectivity index is 2.00. The molecule has 0 saturated carbocycles. The van der Waals surface area contributed by atoms with Crippen molar-refractivity contribution in [3.05, 3.63) is 0 Å². The summed E-state index contributed by atoms with van der Waals surface area (Å²) in [5.74, 6) is -1.15. The normalized spacial score (nSPS) is 37.0. The molecule has 3 N–H and O–H groups in total. The fraction of sp³-hybridized carbons (Fsp3) is 0.842. The number of hydrogen-bond acceptors (Lipinski definition) is 5. The predicted molar refractivity (Wildman–Crippen MR) is 104 cm³/mol. The van der Waals surface area contributed by atoms with Crippen molar-refractivity contribution in [3.63, 3.8) is 0 Å². The Morgan fingerprint density at radius 3 is 2.67 bits per heavy atom. The van der Waals surface area contributed by atoms with Gasteiger partial charge in [0.1, 0.15) is 6.04 Å². The smallest absolute Gasteiger partial charge is 0.244 e. The van der Waals surface area contributed by atoms with Crippen LogP contribution in [0.2, 0.25) is 0 Å². The molecule has 3 unspecified atom stereocenters. The van der Waals surface area contributed by atoms with Gasteiger partial charge in [0.25, 0.3) is 0 Å². The molecule has 3 aliphatic heterocycles. The van der Waals surface area contributed by atoms with Crippen molar-refractivity contribution < 1.29 is 19.5 Å². The van der Waals surface area contributed by atoms with Crippen molar-refractivity contribution in [1.82, 2.24) is 15.5 Å². The van der Waals surface area contributed by atoms with E-state index in [0.29, 0.717) is 6.54 Å². The third kappa shape index (κ3) is 3.05. The molecule has 3 fully saturated rings. The highest BCUT2D eigenvalue weighted by Crippen LogP contribution is 2.68. The molecule has 6 atom stereocenters. The van der Waals surface area contributed by atoms with Crippen molar-refractivity contribution in [3.8, 4) is 0 Å². The summed E-state index contributed by atoms with van der Waals surface area (Å²) in [7, 11) is 0. The molecule has 0 aromatic carbocycles. The van der Waals surface area contributed by atoms with Crippen LogP contribution in [0.5, 0.6) is 0 Å². The molecule has 8 heteroatoms. The number of fused-ring (bicyclic) bond motifs is 1. The number of thioether (sulfide) groups is 1. The maximum Gasteiger partial charge on any atom is 0.244 e. The van der Waals surface area contributed by atoms with Crippen molar-refractivity contribution in [2.45, 2.75) is 62.6 Å². The lowest BCUT2D eigenvalue weighted by molar-refractivity contribution is -0.140. The van der Waals surface area contributed by atoms with Crippen molar-refractivity contribution in [1.29, 1.82) is 0 Å². The van der Waals surface area contributed by atoms with Crippen LogP contribution in [-0.2, 0) is 14.4 Å². The molecule has 3 aliphatic rings. The lowest BCUT2D eigenvalue weighted by atomic mass is 9.66. The van der Waals surface area contributed by atoms with Gasteiger partial charge < -0.3 is 20.6 Å². The minimum absolute atomic E-state index is 0.0402. The van der Waals surface area contributed by atoms with Gasteiger partial charge in [-0.25, -0.2) is 0 Å². The van der Waals surface area contributed by atoms with Gasteiger partial charge in [0, 0.05) is 24.4 Å². The Morgan fingerprint density at radius 2 is 2.07 bits per heavy atom. The summed E-state index contributed by atoms with van der Waals surface area (Å²) in [5.41, 5.74) is 0. The first kappa shape index (κ1) is 20.5. The van der Waals surface area contributed by atoms with Gasteiger partial charge in [-0.05, 0) is 32.6 Å². The molecule has 0 aliphatic carbocycles. The second-order valence-electron chi connectivity index (χ2n) is 8.26. The molecule has 27 heavy (non-hydrogen) atoms. The zero-order chi connectivity index (χ0) is 19.9. The Hall–Kier alpha value is -1.28.